The molecular weight excluding hydrogens is 138 g/mol. The van der Waals surface area contributed by atoms with Crippen LogP contribution in [0.2, 0.25) is 0 Å². The van der Waals surface area contributed by atoms with E-state index in [9.17, 15) is 5.11 Å². The number of phenolic OH excluding ortho intramolecular Hbond substituents is 1. The van der Waals surface area contributed by atoms with Gasteiger partial charge in [-0.2, -0.15) is 0 Å². The topological polar surface area (TPSA) is 23.2 Å². The lowest BCUT2D eigenvalue weighted by atomic mass is 10.2. The van der Waals surface area contributed by atoms with Crippen LogP contribution in [-0.4, -0.2) is 23.4 Å². The van der Waals surface area contributed by atoms with Crippen molar-refractivity contribution in [3.8, 4) is 5.75 Å². The fraction of sp³-hybridized carbons (Fsp3) is 0.222. The third kappa shape index (κ3) is 2.08. The molecule has 0 aromatic heterocycles. The van der Waals surface area contributed by atoms with Crippen LogP contribution in [0.1, 0.15) is 5.56 Å². The molecule has 0 aliphatic rings. The highest BCUT2D eigenvalue weighted by atomic mass is 16.3. The molecule has 1 N–H and O–H groups in total. The van der Waals surface area contributed by atoms with Gasteiger partial charge in [0.15, 0.2) is 6.54 Å². The maximum atomic E-state index is 9.30. The quantitative estimate of drug-likeness (QED) is 0.497. The number of hydrogen-bond acceptors (Lipinski definition) is 1. The molecule has 0 spiro atoms. The molecule has 2 nitrogen and oxygen atoms in total. The standard InChI is InChI=1S/C9H11NO/c1-10(2)7-8-5-3-4-6-9(8)11/h3-6H,1,7H2,2H3/p+1. The molecule has 0 amide bonds. The second kappa shape index (κ2) is 3.19. The van der Waals surface area contributed by atoms with Gasteiger partial charge in [-0.3, -0.25) is 0 Å². The molecular formula is C9H12NO+. The van der Waals surface area contributed by atoms with Gasteiger partial charge in [-0.15, -0.1) is 0 Å². The van der Waals surface area contributed by atoms with Crippen molar-refractivity contribution in [3.63, 3.8) is 0 Å². The van der Waals surface area contributed by atoms with Gasteiger partial charge in [-0.05, 0) is 12.1 Å². The summed E-state index contributed by atoms with van der Waals surface area (Å²) in [5, 5.41) is 9.30. The molecule has 0 atom stereocenters. The molecule has 0 aliphatic carbocycles. The van der Waals surface area contributed by atoms with E-state index in [1.54, 1.807) is 10.6 Å². The van der Waals surface area contributed by atoms with Crippen LogP contribution in [-0.2, 0) is 6.54 Å². The SMILES string of the molecule is C=[N+](C)Cc1ccccc1O. The highest BCUT2D eigenvalue weighted by molar-refractivity contribution is 5.31. The van der Waals surface area contributed by atoms with E-state index < -0.39 is 0 Å². The van der Waals surface area contributed by atoms with Crippen LogP contribution in [0.3, 0.4) is 0 Å². The first-order chi connectivity index (χ1) is 5.20. The molecule has 11 heavy (non-hydrogen) atoms. The summed E-state index contributed by atoms with van der Waals surface area (Å²) in [5.74, 6) is 0.336. The molecule has 0 fully saturated rings. The Morgan fingerprint density at radius 3 is 2.64 bits per heavy atom. The van der Waals surface area contributed by atoms with Crippen LogP contribution in [0.25, 0.3) is 0 Å². The number of nitrogens with zero attached hydrogens (tertiary/aromatic N) is 1. The Labute approximate surface area is 66.4 Å². The molecule has 1 rings (SSSR count). The summed E-state index contributed by atoms with van der Waals surface area (Å²) >= 11 is 0. The number of hydrogen-bond donors (Lipinski definition) is 1. The van der Waals surface area contributed by atoms with Crippen LogP contribution in [0.4, 0.5) is 0 Å². The first-order valence-electron chi connectivity index (χ1n) is 3.48. The minimum Gasteiger partial charge on any atom is -0.507 e. The summed E-state index contributed by atoms with van der Waals surface area (Å²) in [4.78, 5) is 0. The number of rotatable bonds is 2. The third-order valence-corrected chi connectivity index (χ3v) is 1.43. The molecule has 0 aliphatic heterocycles. The van der Waals surface area contributed by atoms with Gasteiger partial charge in [0, 0.05) is 0 Å². The van der Waals surface area contributed by atoms with E-state index in [4.69, 9.17) is 0 Å². The van der Waals surface area contributed by atoms with Gasteiger partial charge in [-0.1, -0.05) is 12.1 Å². The molecule has 1 aromatic rings. The monoisotopic (exact) mass is 150 g/mol. The fourth-order valence-corrected chi connectivity index (χ4v) is 0.935. The molecule has 1 aromatic carbocycles. The van der Waals surface area contributed by atoms with E-state index >= 15 is 0 Å². The molecule has 2 heteroatoms. The van der Waals surface area contributed by atoms with Crippen molar-refractivity contribution in [1.82, 2.24) is 0 Å². The van der Waals surface area contributed by atoms with E-state index in [-0.39, 0.29) is 0 Å². The number of phenols is 1. The zero-order valence-electron chi connectivity index (χ0n) is 6.62. The normalized spacial score (nSPS) is 9.55. The van der Waals surface area contributed by atoms with E-state index in [1.807, 2.05) is 25.2 Å². The lowest BCUT2D eigenvalue weighted by Gasteiger charge is -1.98. The van der Waals surface area contributed by atoms with Crippen molar-refractivity contribution < 1.29 is 9.68 Å². The molecule has 0 heterocycles. The smallest absolute Gasteiger partial charge is 0.170 e. The largest absolute Gasteiger partial charge is 0.507 e. The van der Waals surface area contributed by atoms with Gasteiger partial charge in [0.05, 0.1) is 5.56 Å². The van der Waals surface area contributed by atoms with Crippen molar-refractivity contribution in [1.29, 1.82) is 0 Å². The first-order valence-corrected chi connectivity index (χ1v) is 3.48. The molecule has 0 radical (unpaired) electrons. The summed E-state index contributed by atoms with van der Waals surface area (Å²) in [6, 6.07) is 7.27. The molecule has 0 saturated carbocycles. The van der Waals surface area contributed by atoms with Gasteiger partial charge in [0.2, 0.25) is 0 Å². The second-order valence-corrected chi connectivity index (χ2v) is 2.64. The molecule has 0 saturated heterocycles. The average molecular weight is 150 g/mol. The van der Waals surface area contributed by atoms with Gasteiger partial charge in [0.1, 0.15) is 19.5 Å². The second-order valence-electron chi connectivity index (χ2n) is 2.64. The highest BCUT2D eigenvalue weighted by Gasteiger charge is 2.01. The van der Waals surface area contributed by atoms with E-state index in [0.717, 1.165) is 5.56 Å². The summed E-state index contributed by atoms with van der Waals surface area (Å²) in [5.41, 5.74) is 0.907. The predicted molar refractivity (Wildman–Crippen MR) is 45.1 cm³/mol. The maximum Gasteiger partial charge on any atom is 0.170 e. The third-order valence-electron chi connectivity index (χ3n) is 1.43. The van der Waals surface area contributed by atoms with Gasteiger partial charge in [0.25, 0.3) is 0 Å². The Morgan fingerprint density at radius 2 is 2.09 bits per heavy atom. The van der Waals surface area contributed by atoms with Crippen LogP contribution >= 0.6 is 0 Å². The van der Waals surface area contributed by atoms with Crippen molar-refractivity contribution in [2.24, 2.45) is 0 Å². The lowest BCUT2D eigenvalue weighted by molar-refractivity contribution is -0.505. The minimum atomic E-state index is 0.336. The average Bonchev–Trinajstić information content (AvgIpc) is 1.93. The Kier molecular flexibility index (Phi) is 2.26. The van der Waals surface area contributed by atoms with E-state index in [1.165, 1.54) is 0 Å². The number of aromatic hydroxyl groups is 1. The fourth-order valence-electron chi connectivity index (χ4n) is 0.935. The minimum absolute atomic E-state index is 0.336. The van der Waals surface area contributed by atoms with Gasteiger partial charge in [-0.25, -0.2) is 4.58 Å². The van der Waals surface area contributed by atoms with Crippen LogP contribution in [0.5, 0.6) is 5.75 Å². The van der Waals surface area contributed by atoms with Crippen molar-refractivity contribution in [3.05, 3.63) is 29.8 Å². The van der Waals surface area contributed by atoms with Crippen molar-refractivity contribution in [2.45, 2.75) is 6.54 Å². The van der Waals surface area contributed by atoms with Crippen LogP contribution in [0.15, 0.2) is 24.3 Å². The zero-order valence-corrected chi connectivity index (χ0v) is 6.62. The predicted octanol–water partition coefficient (Wildman–Crippen LogP) is 1.24. The highest BCUT2D eigenvalue weighted by Crippen LogP contribution is 2.15. The molecule has 58 valence electrons. The molecule has 0 bridgehead atoms. The Bertz CT molecular complexity index is 268. The summed E-state index contributed by atoms with van der Waals surface area (Å²) in [6.07, 6.45) is 0. The Morgan fingerprint density at radius 1 is 1.45 bits per heavy atom. The van der Waals surface area contributed by atoms with Crippen LogP contribution in [0, 0.1) is 0 Å². The molecule has 0 unspecified atom stereocenters. The van der Waals surface area contributed by atoms with Gasteiger partial charge >= 0.3 is 0 Å². The zero-order chi connectivity index (χ0) is 8.27. The lowest BCUT2D eigenvalue weighted by Crippen LogP contribution is -2.01. The maximum absolute atomic E-state index is 9.30. The van der Waals surface area contributed by atoms with Gasteiger partial charge < -0.3 is 5.11 Å². The van der Waals surface area contributed by atoms with Crippen LogP contribution < -0.4 is 0 Å². The Balaban J connectivity index is 2.86. The van der Waals surface area contributed by atoms with Crippen molar-refractivity contribution in [2.75, 3.05) is 7.05 Å². The Hall–Kier alpha value is -1.31. The summed E-state index contributed by atoms with van der Waals surface area (Å²) in [7, 11) is 1.87. The van der Waals surface area contributed by atoms with Crippen molar-refractivity contribution >= 4 is 6.72 Å². The first kappa shape index (κ1) is 7.79. The number of para-hydroxylation sites is 1. The number of benzene rings is 1. The van der Waals surface area contributed by atoms with E-state index in [0.29, 0.717) is 12.3 Å². The summed E-state index contributed by atoms with van der Waals surface area (Å²) in [6.45, 7) is 4.37. The summed E-state index contributed by atoms with van der Waals surface area (Å²) < 4.78 is 1.77. The van der Waals surface area contributed by atoms with E-state index in [2.05, 4.69) is 6.72 Å².